The maximum Gasteiger partial charge on any atom is 0.328 e. The zero-order valence-electron chi connectivity index (χ0n) is 23.2. The lowest BCUT2D eigenvalue weighted by molar-refractivity contribution is -0.158. The molecule has 0 bridgehead atoms. The van der Waals surface area contributed by atoms with Gasteiger partial charge >= 0.3 is 5.97 Å². The molecule has 1 saturated heterocycles. The van der Waals surface area contributed by atoms with Gasteiger partial charge in [0.25, 0.3) is 5.91 Å². The van der Waals surface area contributed by atoms with Crippen molar-refractivity contribution in [3.63, 3.8) is 0 Å². The Labute approximate surface area is 233 Å². The predicted octanol–water partition coefficient (Wildman–Crippen LogP) is 1.33. The van der Waals surface area contributed by atoms with Gasteiger partial charge in [-0.05, 0) is 43.4 Å². The first-order valence-corrected chi connectivity index (χ1v) is 13.4. The monoisotopic (exact) mass is 554 g/mol. The van der Waals surface area contributed by atoms with E-state index in [0.29, 0.717) is 6.42 Å². The average Bonchev–Trinajstić information content (AvgIpc) is 2.91. The summed E-state index contributed by atoms with van der Waals surface area (Å²) < 4.78 is 5.65. The van der Waals surface area contributed by atoms with Crippen LogP contribution in [0.5, 0.6) is 5.75 Å². The Morgan fingerprint density at radius 3 is 2.40 bits per heavy atom. The van der Waals surface area contributed by atoms with E-state index in [4.69, 9.17) is 4.74 Å². The summed E-state index contributed by atoms with van der Waals surface area (Å²) in [5.74, 6) is -4.85. The van der Waals surface area contributed by atoms with Crippen molar-refractivity contribution in [1.29, 1.82) is 0 Å². The number of nitrogens with zero attached hydrogens (tertiary/aromatic N) is 1. The molecule has 1 unspecified atom stereocenters. The lowest BCUT2D eigenvalue weighted by Gasteiger charge is -2.33. The van der Waals surface area contributed by atoms with E-state index >= 15 is 0 Å². The SMILES string of the molecule is CC(C)CC1NC(=O)[C@H](C)[C@H](O)[C@H](Cc2ccccc2)NC(=O)[C@@H](CNC(=O)c2ncccc2O)[C@@H](C)OC1=O. The molecular formula is C29H38N4O7. The summed E-state index contributed by atoms with van der Waals surface area (Å²) in [5.41, 5.74) is 0.616. The molecule has 0 aliphatic carbocycles. The van der Waals surface area contributed by atoms with Crippen molar-refractivity contribution >= 4 is 23.7 Å². The number of aliphatic hydroxyl groups is 1. The quantitative estimate of drug-likeness (QED) is 0.320. The smallest absolute Gasteiger partial charge is 0.328 e. The second-order valence-corrected chi connectivity index (χ2v) is 10.6. The molecule has 216 valence electrons. The number of aromatic nitrogens is 1. The average molecular weight is 555 g/mol. The van der Waals surface area contributed by atoms with E-state index in [1.165, 1.54) is 32.2 Å². The molecule has 2 heterocycles. The van der Waals surface area contributed by atoms with Crippen LogP contribution in [0, 0.1) is 17.8 Å². The van der Waals surface area contributed by atoms with Crippen molar-refractivity contribution < 1.29 is 34.1 Å². The number of aliphatic hydroxyl groups excluding tert-OH is 1. The van der Waals surface area contributed by atoms with Crippen LogP contribution in [0.4, 0.5) is 0 Å². The summed E-state index contributed by atoms with van der Waals surface area (Å²) in [6.07, 6.45) is -0.421. The lowest BCUT2D eigenvalue weighted by Crippen LogP contribution is -2.57. The van der Waals surface area contributed by atoms with Crippen molar-refractivity contribution in [2.24, 2.45) is 17.8 Å². The number of hydrogen-bond acceptors (Lipinski definition) is 8. The number of carbonyl (C=O) groups excluding carboxylic acids is 4. The van der Waals surface area contributed by atoms with Crippen molar-refractivity contribution in [2.45, 2.75) is 64.8 Å². The topological polar surface area (TPSA) is 167 Å². The van der Waals surface area contributed by atoms with Crippen LogP contribution in [-0.4, -0.2) is 69.7 Å². The molecule has 0 radical (unpaired) electrons. The van der Waals surface area contributed by atoms with E-state index in [-0.39, 0.29) is 30.3 Å². The van der Waals surface area contributed by atoms with Gasteiger partial charge in [0.2, 0.25) is 11.8 Å². The first-order valence-electron chi connectivity index (χ1n) is 13.4. The third-order valence-electron chi connectivity index (χ3n) is 6.96. The molecule has 40 heavy (non-hydrogen) atoms. The molecule has 5 N–H and O–H groups in total. The second kappa shape index (κ2) is 13.9. The first kappa shape index (κ1) is 30.6. The van der Waals surface area contributed by atoms with Crippen LogP contribution < -0.4 is 16.0 Å². The minimum atomic E-state index is -1.28. The molecule has 1 aliphatic heterocycles. The Kier molecular flexibility index (Phi) is 10.6. The van der Waals surface area contributed by atoms with Gasteiger partial charge in [-0.15, -0.1) is 0 Å². The summed E-state index contributed by atoms with van der Waals surface area (Å²) in [5, 5.41) is 29.4. The summed E-state index contributed by atoms with van der Waals surface area (Å²) in [6.45, 7) is 6.60. The number of rotatable bonds is 7. The Morgan fingerprint density at radius 1 is 1.05 bits per heavy atom. The van der Waals surface area contributed by atoms with E-state index < -0.39 is 59.8 Å². The van der Waals surface area contributed by atoms with Crippen molar-refractivity contribution in [3.05, 3.63) is 59.9 Å². The number of nitrogens with one attached hydrogen (secondary N) is 3. The van der Waals surface area contributed by atoms with Crippen LogP contribution >= 0.6 is 0 Å². The van der Waals surface area contributed by atoms with Crippen LogP contribution in [0.15, 0.2) is 48.7 Å². The fraction of sp³-hybridized carbons (Fsp3) is 0.483. The molecule has 3 rings (SSSR count). The zero-order chi connectivity index (χ0) is 29.4. The molecular weight excluding hydrogens is 516 g/mol. The van der Waals surface area contributed by atoms with Gasteiger partial charge in [0, 0.05) is 12.7 Å². The lowest BCUT2D eigenvalue weighted by atomic mass is 9.90. The third-order valence-corrected chi connectivity index (χ3v) is 6.96. The van der Waals surface area contributed by atoms with Gasteiger partial charge in [0.15, 0.2) is 5.69 Å². The fourth-order valence-corrected chi connectivity index (χ4v) is 4.58. The Hall–Kier alpha value is -3.99. The Morgan fingerprint density at radius 2 is 1.75 bits per heavy atom. The number of aromatic hydroxyl groups is 1. The van der Waals surface area contributed by atoms with E-state index in [2.05, 4.69) is 20.9 Å². The summed E-state index contributed by atoms with van der Waals surface area (Å²) >= 11 is 0. The second-order valence-electron chi connectivity index (χ2n) is 10.6. The predicted molar refractivity (Wildman–Crippen MR) is 146 cm³/mol. The third kappa shape index (κ3) is 8.01. The molecule has 11 nitrogen and oxygen atoms in total. The van der Waals surface area contributed by atoms with Crippen molar-refractivity contribution in [2.75, 3.05) is 6.54 Å². The van der Waals surface area contributed by atoms with Gasteiger partial charge < -0.3 is 30.9 Å². The van der Waals surface area contributed by atoms with Crippen molar-refractivity contribution in [3.8, 4) is 5.75 Å². The van der Waals surface area contributed by atoms with E-state index in [0.717, 1.165) is 5.56 Å². The van der Waals surface area contributed by atoms with Gasteiger partial charge in [-0.1, -0.05) is 51.1 Å². The molecule has 2 aromatic rings. The summed E-state index contributed by atoms with van der Waals surface area (Å²) in [6, 6.07) is 10.1. The minimum Gasteiger partial charge on any atom is -0.505 e. The number of esters is 1. The number of amides is 3. The van der Waals surface area contributed by atoms with Crippen LogP contribution in [0.1, 0.15) is 50.2 Å². The largest absolute Gasteiger partial charge is 0.505 e. The standard InChI is InChI=1S/C29H38N4O7/c1-16(2)13-22-29(39)40-18(4)20(15-31-28(38)24-23(34)11-8-12-30-24)27(37)32-21(14-19-9-6-5-7-10-19)25(35)17(3)26(36)33-22/h5-12,16-18,20-22,25,34-35H,13-15H2,1-4H3,(H,31,38)(H,32,37)(H,33,36)/t17-,18-,20+,21+,22?,25+/m1/s1. The van der Waals surface area contributed by atoms with Crippen LogP contribution in [-0.2, 0) is 25.5 Å². The molecule has 1 aromatic heterocycles. The summed E-state index contributed by atoms with van der Waals surface area (Å²) in [4.78, 5) is 56.4. The van der Waals surface area contributed by atoms with Gasteiger partial charge in [0.1, 0.15) is 17.9 Å². The van der Waals surface area contributed by atoms with Crippen LogP contribution in [0.3, 0.4) is 0 Å². The molecule has 1 aromatic carbocycles. The van der Waals surface area contributed by atoms with Gasteiger partial charge in [-0.2, -0.15) is 0 Å². The molecule has 3 amide bonds. The zero-order valence-corrected chi connectivity index (χ0v) is 23.2. The van der Waals surface area contributed by atoms with Crippen LogP contribution in [0.25, 0.3) is 0 Å². The normalized spacial score (nSPS) is 26.1. The first-order chi connectivity index (χ1) is 19.0. The van der Waals surface area contributed by atoms with E-state index in [1.807, 2.05) is 44.2 Å². The maximum absolute atomic E-state index is 13.6. The molecule has 6 atom stereocenters. The molecule has 0 spiro atoms. The molecule has 11 heteroatoms. The number of cyclic esters (lactones) is 1. The highest BCUT2D eigenvalue weighted by Crippen LogP contribution is 2.19. The highest BCUT2D eigenvalue weighted by atomic mass is 16.5. The maximum atomic E-state index is 13.6. The van der Waals surface area contributed by atoms with Gasteiger partial charge in [-0.25, -0.2) is 9.78 Å². The van der Waals surface area contributed by atoms with E-state index in [1.54, 1.807) is 0 Å². The van der Waals surface area contributed by atoms with Gasteiger partial charge in [0.05, 0.1) is 24.0 Å². The van der Waals surface area contributed by atoms with Crippen molar-refractivity contribution in [1.82, 2.24) is 20.9 Å². The number of carbonyl (C=O) groups is 4. The van der Waals surface area contributed by atoms with Crippen LogP contribution in [0.2, 0.25) is 0 Å². The minimum absolute atomic E-state index is 0.0385. The van der Waals surface area contributed by atoms with E-state index in [9.17, 15) is 29.4 Å². The Balaban J connectivity index is 1.93. The number of hydrogen-bond donors (Lipinski definition) is 5. The van der Waals surface area contributed by atoms with Gasteiger partial charge in [-0.3, -0.25) is 14.4 Å². The molecule has 1 aliphatic rings. The summed E-state index contributed by atoms with van der Waals surface area (Å²) in [7, 11) is 0. The fourth-order valence-electron chi connectivity index (χ4n) is 4.58. The highest BCUT2D eigenvalue weighted by Gasteiger charge is 2.38. The number of benzene rings is 1. The molecule has 1 fully saturated rings. The number of pyridine rings is 1. The Bertz CT molecular complexity index is 1190. The number of ether oxygens (including phenoxy) is 1. The highest BCUT2D eigenvalue weighted by molar-refractivity contribution is 5.95. The molecule has 0 saturated carbocycles.